The Balaban J connectivity index is 1.23. The van der Waals surface area contributed by atoms with Gasteiger partial charge in [0.15, 0.2) is 0 Å². The predicted molar refractivity (Wildman–Crippen MR) is 122 cm³/mol. The van der Waals surface area contributed by atoms with Crippen LogP contribution in [-0.4, -0.2) is 41.7 Å². The van der Waals surface area contributed by atoms with Crippen LogP contribution in [0, 0.1) is 0 Å². The number of aromatic nitrogens is 1. The SMILES string of the molecule is O=C(NCc1ccc(N2CCSCC2)cc1)NCc1cccnc1OC1CCCC1. The van der Waals surface area contributed by atoms with E-state index in [0.29, 0.717) is 19.0 Å². The van der Waals surface area contributed by atoms with E-state index < -0.39 is 0 Å². The second kappa shape index (κ2) is 10.6. The number of carbonyl (C=O) groups is 1. The third kappa shape index (κ3) is 5.81. The molecule has 160 valence electrons. The van der Waals surface area contributed by atoms with Crippen molar-refractivity contribution in [2.45, 2.75) is 44.9 Å². The molecular weight excluding hydrogens is 396 g/mol. The van der Waals surface area contributed by atoms with E-state index in [-0.39, 0.29) is 12.1 Å². The van der Waals surface area contributed by atoms with Crippen LogP contribution in [0.15, 0.2) is 42.6 Å². The van der Waals surface area contributed by atoms with Gasteiger partial charge in [0, 0.05) is 55.1 Å². The van der Waals surface area contributed by atoms with Gasteiger partial charge in [-0.1, -0.05) is 18.2 Å². The highest BCUT2D eigenvalue weighted by atomic mass is 32.2. The second-order valence-electron chi connectivity index (χ2n) is 7.79. The van der Waals surface area contributed by atoms with Crippen molar-refractivity contribution in [2.75, 3.05) is 29.5 Å². The van der Waals surface area contributed by atoms with Crippen LogP contribution >= 0.6 is 11.8 Å². The largest absolute Gasteiger partial charge is 0.474 e. The summed E-state index contributed by atoms with van der Waals surface area (Å²) in [5.41, 5.74) is 3.25. The fourth-order valence-corrected chi connectivity index (χ4v) is 4.80. The van der Waals surface area contributed by atoms with E-state index in [1.165, 1.54) is 30.0 Å². The maximum Gasteiger partial charge on any atom is 0.315 e. The molecule has 0 atom stereocenters. The molecule has 2 aliphatic rings. The summed E-state index contributed by atoms with van der Waals surface area (Å²) in [6.45, 7) is 3.10. The Morgan fingerprint density at radius 2 is 1.80 bits per heavy atom. The topological polar surface area (TPSA) is 66.5 Å². The summed E-state index contributed by atoms with van der Waals surface area (Å²) in [7, 11) is 0. The molecule has 2 amide bonds. The van der Waals surface area contributed by atoms with E-state index in [9.17, 15) is 4.79 Å². The molecule has 2 fully saturated rings. The Morgan fingerprint density at radius 1 is 1.07 bits per heavy atom. The molecule has 1 aliphatic carbocycles. The summed E-state index contributed by atoms with van der Waals surface area (Å²) in [5, 5.41) is 5.85. The van der Waals surface area contributed by atoms with E-state index in [1.54, 1.807) is 6.20 Å². The molecule has 2 aromatic rings. The van der Waals surface area contributed by atoms with Crippen LogP contribution < -0.4 is 20.3 Å². The number of hydrogen-bond acceptors (Lipinski definition) is 5. The second-order valence-corrected chi connectivity index (χ2v) is 9.02. The highest BCUT2D eigenvalue weighted by Crippen LogP contribution is 2.25. The lowest BCUT2D eigenvalue weighted by atomic mass is 10.2. The smallest absolute Gasteiger partial charge is 0.315 e. The number of urea groups is 1. The minimum Gasteiger partial charge on any atom is -0.474 e. The molecule has 2 N–H and O–H groups in total. The first kappa shape index (κ1) is 20.8. The van der Waals surface area contributed by atoms with Gasteiger partial charge in [-0.25, -0.2) is 9.78 Å². The third-order valence-electron chi connectivity index (χ3n) is 5.64. The molecular formula is C23H30N4O2S. The predicted octanol–water partition coefficient (Wildman–Crippen LogP) is 3.96. The standard InChI is InChI=1S/C23H30N4O2S/c28-23(25-16-18-7-9-20(10-8-18)27-12-14-30-15-13-27)26-17-19-4-3-11-24-22(19)29-21-5-1-2-6-21/h3-4,7-11,21H,1-2,5-6,12-17H2,(H2,25,26,28). The monoisotopic (exact) mass is 426 g/mol. The van der Waals surface area contributed by atoms with Crippen LogP contribution in [0.1, 0.15) is 36.8 Å². The Kier molecular flexibility index (Phi) is 7.34. The van der Waals surface area contributed by atoms with Gasteiger partial charge in [-0.2, -0.15) is 11.8 Å². The van der Waals surface area contributed by atoms with Crippen LogP contribution in [0.25, 0.3) is 0 Å². The van der Waals surface area contributed by atoms with Crippen LogP contribution in [0.2, 0.25) is 0 Å². The first-order chi connectivity index (χ1) is 14.8. The van der Waals surface area contributed by atoms with Gasteiger partial charge in [-0.3, -0.25) is 0 Å². The number of nitrogens with one attached hydrogen (secondary N) is 2. The maximum atomic E-state index is 12.3. The van der Waals surface area contributed by atoms with E-state index in [1.807, 2.05) is 23.9 Å². The fourth-order valence-electron chi connectivity index (χ4n) is 3.90. The highest BCUT2D eigenvalue weighted by Gasteiger charge is 2.18. The number of nitrogens with zero attached hydrogens (tertiary/aromatic N) is 2. The molecule has 4 rings (SSSR count). The van der Waals surface area contributed by atoms with Crippen molar-refractivity contribution >= 4 is 23.5 Å². The Hall–Kier alpha value is -2.41. The first-order valence-electron chi connectivity index (χ1n) is 10.8. The summed E-state index contributed by atoms with van der Waals surface area (Å²) >= 11 is 2.01. The Labute approximate surface area is 182 Å². The number of amides is 2. The normalized spacial score (nSPS) is 17.0. The van der Waals surface area contributed by atoms with Gasteiger partial charge >= 0.3 is 6.03 Å². The quantitative estimate of drug-likeness (QED) is 0.702. The Bertz CT molecular complexity index is 818. The van der Waals surface area contributed by atoms with E-state index in [2.05, 4.69) is 44.8 Å². The lowest BCUT2D eigenvalue weighted by molar-refractivity contribution is 0.198. The summed E-state index contributed by atoms with van der Waals surface area (Å²) in [5.74, 6) is 3.01. The van der Waals surface area contributed by atoms with E-state index >= 15 is 0 Å². The van der Waals surface area contributed by atoms with Crippen molar-refractivity contribution in [3.63, 3.8) is 0 Å². The zero-order chi connectivity index (χ0) is 20.6. The van der Waals surface area contributed by atoms with Crippen molar-refractivity contribution in [1.29, 1.82) is 0 Å². The summed E-state index contributed by atoms with van der Waals surface area (Å²) in [4.78, 5) is 19.0. The molecule has 1 saturated carbocycles. The average molecular weight is 427 g/mol. The lowest BCUT2D eigenvalue weighted by Gasteiger charge is -2.28. The molecule has 1 saturated heterocycles. The number of anilines is 1. The van der Waals surface area contributed by atoms with Gasteiger partial charge in [0.1, 0.15) is 6.10 Å². The number of benzene rings is 1. The molecule has 1 aromatic heterocycles. The molecule has 0 bridgehead atoms. The van der Waals surface area contributed by atoms with Gasteiger partial charge < -0.3 is 20.3 Å². The van der Waals surface area contributed by atoms with Crippen molar-refractivity contribution < 1.29 is 9.53 Å². The minimum atomic E-state index is -0.192. The van der Waals surface area contributed by atoms with Gasteiger partial charge in [0.25, 0.3) is 0 Å². The molecule has 7 heteroatoms. The lowest BCUT2D eigenvalue weighted by Crippen LogP contribution is -2.35. The first-order valence-corrected chi connectivity index (χ1v) is 12.0. The summed E-state index contributed by atoms with van der Waals surface area (Å²) in [6, 6.07) is 12.1. The van der Waals surface area contributed by atoms with Crippen LogP contribution in [0.3, 0.4) is 0 Å². The number of carbonyl (C=O) groups excluding carboxylic acids is 1. The van der Waals surface area contributed by atoms with Gasteiger partial charge in [0.05, 0.1) is 0 Å². The average Bonchev–Trinajstić information content (AvgIpc) is 3.31. The summed E-state index contributed by atoms with van der Waals surface area (Å²) < 4.78 is 6.04. The number of thioether (sulfide) groups is 1. The number of pyridine rings is 1. The zero-order valence-electron chi connectivity index (χ0n) is 17.3. The molecule has 6 nitrogen and oxygen atoms in total. The molecule has 1 aromatic carbocycles. The number of ether oxygens (including phenoxy) is 1. The third-order valence-corrected chi connectivity index (χ3v) is 6.58. The molecule has 2 heterocycles. The molecule has 30 heavy (non-hydrogen) atoms. The van der Waals surface area contributed by atoms with Gasteiger partial charge in [-0.15, -0.1) is 0 Å². The molecule has 0 radical (unpaired) electrons. The van der Waals surface area contributed by atoms with Crippen molar-refractivity contribution in [2.24, 2.45) is 0 Å². The van der Waals surface area contributed by atoms with E-state index in [0.717, 1.165) is 37.1 Å². The van der Waals surface area contributed by atoms with Crippen molar-refractivity contribution in [1.82, 2.24) is 15.6 Å². The van der Waals surface area contributed by atoms with Crippen LogP contribution in [0.4, 0.5) is 10.5 Å². The maximum absolute atomic E-state index is 12.3. The van der Waals surface area contributed by atoms with Crippen LogP contribution in [0.5, 0.6) is 5.88 Å². The van der Waals surface area contributed by atoms with Crippen molar-refractivity contribution in [3.8, 4) is 5.88 Å². The summed E-state index contributed by atoms with van der Waals surface area (Å²) in [6.07, 6.45) is 6.58. The Morgan fingerprint density at radius 3 is 2.57 bits per heavy atom. The zero-order valence-corrected chi connectivity index (χ0v) is 18.1. The van der Waals surface area contributed by atoms with Gasteiger partial charge in [0.2, 0.25) is 5.88 Å². The molecule has 0 spiro atoms. The van der Waals surface area contributed by atoms with Crippen LogP contribution in [-0.2, 0) is 13.1 Å². The van der Waals surface area contributed by atoms with Crippen molar-refractivity contribution in [3.05, 3.63) is 53.7 Å². The molecule has 0 unspecified atom stereocenters. The molecule has 1 aliphatic heterocycles. The number of rotatable bonds is 7. The van der Waals surface area contributed by atoms with E-state index in [4.69, 9.17) is 4.74 Å². The minimum absolute atomic E-state index is 0.192. The number of hydrogen-bond donors (Lipinski definition) is 2. The highest BCUT2D eigenvalue weighted by molar-refractivity contribution is 7.99. The van der Waals surface area contributed by atoms with Gasteiger partial charge in [-0.05, 0) is 49.4 Å². The fraction of sp³-hybridized carbons (Fsp3) is 0.478.